The number of amides is 1. The fourth-order valence-electron chi connectivity index (χ4n) is 2.03. The molecule has 6 nitrogen and oxygen atoms in total. The minimum absolute atomic E-state index is 0.191. The lowest BCUT2D eigenvalue weighted by Crippen LogP contribution is -2.50. The van der Waals surface area contributed by atoms with Crippen molar-refractivity contribution in [3.05, 3.63) is 12.3 Å². The zero-order valence-corrected chi connectivity index (χ0v) is 11.9. The van der Waals surface area contributed by atoms with Crippen LogP contribution in [0.25, 0.3) is 0 Å². The predicted molar refractivity (Wildman–Crippen MR) is 73.0 cm³/mol. The van der Waals surface area contributed by atoms with Gasteiger partial charge >= 0.3 is 6.09 Å². The van der Waals surface area contributed by atoms with E-state index in [1.165, 1.54) is 0 Å². The quantitative estimate of drug-likeness (QED) is 0.876. The maximum atomic E-state index is 11.6. The van der Waals surface area contributed by atoms with Crippen LogP contribution < -0.4 is 10.6 Å². The molecular formula is C13H22N4O2. The SMILES string of the molecule is Cn1ccc(NC2CC(NC(=O)OC(C)(C)C)C2)n1. The number of carbonyl (C=O) groups is 1. The number of carbonyl (C=O) groups excluding carboxylic acids is 1. The smallest absolute Gasteiger partial charge is 0.407 e. The molecule has 6 heteroatoms. The summed E-state index contributed by atoms with van der Waals surface area (Å²) < 4.78 is 6.98. The molecule has 0 unspecified atom stereocenters. The van der Waals surface area contributed by atoms with Gasteiger partial charge in [0, 0.05) is 31.4 Å². The fraction of sp³-hybridized carbons (Fsp3) is 0.692. The van der Waals surface area contributed by atoms with Gasteiger partial charge in [-0.1, -0.05) is 0 Å². The third kappa shape index (κ3) is 4.15. The highest BCUT2D eigenvalue weighted by Crippen LogP contribution is 2.23. The van der Waals surface area contributed by atoms with Crippen LogP contribution >= 0.6 is 0 Å². The van der Waals surface area contributed by atoms with Crippen LogP contribution in [0.2, 0.25) is 0 Å². The minimum Gasteiger partial charge on any atom is -0.444 e. The van der Waals surface area contributed by atoms with Gasteiger partial charge in [-0.3, -0.25) is 4.68 Å². The summed E-state index contributed by atoms with van der Waals surface area (Å²) >= 11 is 0. The van der Waals surface area contributed by atoms with Gasteiger partial charge in [0.1, 0.15) is 11.4 Å². The molecule has 1 aliphatic carbocycles. The second-order valence-corrected chi connectivity index (χ2v) is 6.03. The van der Waals surface area contributed by atoms with Crippen LogP contribution in [0.3, 0.4) is 0 Å². The first-order valence-corrected chi connectivity index (χ1v) is 6.57. The van der Waals surface area contributed by atoms with Gasteiger partial charge in [0.15, 0.2) is 0 Å². The van der Waals surface area contributed by atoms with Gasteiger partial charge in [-0.2, -0.15) is 5.10 Å². The van der Waals surface area contributed by atoms with Crippen LogP contribution in [0.5, 0.6) is 0 Å². The molecule has 1 aromatic rings. The van der Waals surface area contributed by atoms with Crippen molar-refractivity contribution in [3.8, 4) is 0 Å². The lowest BCUT2D eigenvalue weighted by Gasteiger charge is -2.36. The molecule has 0 atom stereocenters. The summed E-state index contributed by atoms with van der Waals surface area (Å²) in [6.45, 7) is 5.58. The molecule has 1 saturated carbocycles. The Balaban J connectivity index is 1.67. The highest BCUT2D eigenvalue weighted by Gasteiger charge is 2.31. The van der Waals surface area contributed by atoms with E-state index in [1.807, 2.05) is 40.1 Å². The van der Waals surface area contributed by atoms with E-state index in [1.54, 1.807) is 4.68 Å². The number of rotatable bonds is 3. The number of aryl methyl sites for hydroxylation is 1. The van der Waals surface area contributed by atoms with Gasteiger partial charge in [0.2, 0.25) is 0 Å². The monoisotopic (exact) mass is 266 g/mol. The van der Waals surface area contributed by atoms with Crippen LogP contribution in [-0.4, -0.2) is 33.6 Å². The Hall–Kier alpha value is -1.72. The zero-order valence-electron chi connectivity index (χ0n) is 11.9. The van der Waals surface area contributed by atoms with E-state index in [0.29, 0.717) is 6.04 Å². The van der Waals surface area contributed by atoms with E-state index in [4.69, 9.17) is 4.74 Å². The summed E-state index contributed by atoms with van der Waals surface area (Å²) in [5.41, 5.74) is -0.445. The molecule has 2 N–H and O–H groups in total. The number of aromatic nitrogens is 2. The van der Waals surface area contributed by atoms with Gasteiger partial charge < -0.3 is 15.4 Å². The zero-order chi connectivity index (χ0) is 14.0. The molecule has 0 aliphatic heterocycles. The van der Waals surface area contributed by atoms with E-state index in [2.05, 4.69) is 15.7 Å². The van der Waals surface area contributed by atoms with Crippen molar-refractivity contribution in [2.75, 3.05) is 5.32 Å². The molecule has 0 spiro atoms. The van der Waals surface area contributed by atoms with Crippen molar-refractivity contribution in [2.45, 2.75) is 51.3 Å². The third-order valence-corrected chi connectivity index (χ3v) is 2.92. The lowest BCUT2D eigenvalue weighted by atomic mass is 9.87. The molecule has 1 aromatic heterocycles. The summed E-state index contributed by atoms with van der Waals surface area (Å²) in [4.78, 5) is 11.6. The molecule has 0 radical (unpaired) electrons. The van der Waals surface area contributed by atoms with E-state index in [0.717, 1.165) is 18.7 Å². The maximum Gasteiger partial charge on any atom is 0.407 e. The molecule has 1 amide bonds. The number of hydrogen-bond donors (Lipinski definition) is 2. The first kappa shape index (κ1) is 13.7. The second-order valence-electron chi connectivity index (χ2n) is 6.03. The van der Waals surface area contributed by atoms with E-state index in [9.17, 15) is 4.79 Å². The average Bonchev–Trinajstić information content (AvgIpc) is 2.58. The Morgan fingerprint density at radius 3 is 2.63 bits per heavy atom. The van der Waals surface area contributed by atoms with Gasteiger partial charge in [0.25, 0.3) is 0 Å². The normalized spacial score (nSPS) is 22.5. The minimum atomic E-state index is -0.445. The largest absolute Gasteiger partial charge is 0.444 e. The van der Waals surface area contributed by atoms with Gasteiger partial charge in [0.05, 0.1) is 0 Å². The van der Waals surface area contributed by atoms with Crippen LogP contribution in [0.15, 0.2) is 12.3 Å². The van der Waals surface area contributed by atoms with Gasteiger partial charge in [-0.05, 0) is 33.6 Å². The number of nitrogens with zero attached hydrogens (tertiary/aromatic N) is 2. The summed E-state index contributed by atoms with van der Waals surface area (Å²) in [6.07, 6.45) is 3.36. The predicted octanol–water partition coefficient (Wildman–Crippen LogP) is 1.89. The Bertz CT molecular complexity index is 444. The average molecular weight is 266 g/mol. The Kier molecular flexibility index (Phi) is 3.68. The second kappa shape index (κ2) is 5.11. The summed E-state index contributed by atoms with van der Waals surface area (Å²) in [7, 11) is 1.89. The number of hydrogen-bond acceptors (Lipinski definition) is 4. The van der Waals surface area contributed by atoms with Crippen molar-refractivity contribution in [3.63, 3.8) is 0 Å². The molecule has 106 valence electrons. The van der Waals surface area contributed by atoms with E-state index in [-0.39, 0.29) is 12.1 Å². The number of alkyl carbamates (subject to hydrolysis) is 1. The fourth-order valence-corrected chi connectivity index (χ4v) is 2.03. The standard InChI is InChI=1S/C13H22N4O2/c1-13(2,3)19-12(18)15-10-7-9(8-10)14-11-5-6-17(4)16-11/h5-6,9-10H,7-8H2,1-4H3,(H,14,16)(H,15,18). The Morgan fingerprint density at radius 1 is 1.42 bits per heavy atom. The summed E-state index contributed by atoms with van der Waals surface area (Å²) in [6, 6.07) is 2.50. The molecule has 19 heavy (non-hydrogen) atoms. The molecule has 0 saturated heterocycles. The molecule has 1 aliphatic rings. The highest BCUT2D eigenvalue weighted by atomic mass is 16.6. The molecular weight excluding hydrogens is 244 g/mol. The molecule has 1 heterocycles. The topological polar surface area (TPSA) is 68.2 Å². The van der Waals surface area contributed by atoms with Gasteiger partial charge in [-0.25, -0.2) is 4.79 Å². The van der Waals surface area contributed by atoms with Crippen LogP contribution in [0, 0.1) is 0 Å². The van der Waals surface area contributed by atoms with Gasteiger partial charge in [-0.15, -0.1) is 0 Å². The van der Waals surface area contributed by atoms with E-state index >= 15 is 0 Å². The summed E-state index contributed by atoms with van der Waals surface area (Å²) in [5, 5.41) is 10.5. The van der Waals surface area contributed by atoms with Crippen molar-refractivity contribution in [1.29, 1.82) is 0 Å². The molecule has 0 aromatic carbocycles. The van der Waals surface area contributed by atoms with Crippen molar-refractivity contribution >= 4 is 11.9 Å². The molecule has 0 bridgehead atoms. The van der Waals surface area contributed by atoms with Crippen molar-refractivity contribution in [2.24, 2.45) is 7.05 Å². The Morgan fingerprint density at radius 2 is 2.11 bits per heavy atom. The van der Waals surface area contributed by atoms with Crippen molar-refractivity contribution < 1.29 is 9.53 Å². The number of anilines is 1. The first-order chi connectivity index (χ1) is 8.82. The summed E-state index contributed by atoms with van der Waals surface area (Å²) in [5.74, 6) is 0.878. The lowest BCUT2D eigenvalue weighted by molar-refractivity contribution is 0.0475. The van der Waals surface area contributed by atoms with Crippen LogP contribution in [-0.2, 0) is 11.8 Å². The van der Waals surface area contributed by atoms with Crippen LogP contribution in [0.1, 0.15) is 33.6 Å². The molecule has 1 fully saturated rings. The first-order valence-electron chi connectivity index (χ1n) is 6.57. The molecule has 2 rings (SSSR count). The number of nitrogens with one attached hydrogen (secondary N) is 2. The van der Waals surface area contributed by atoms with Crippen LogP contribution in [0.4, 0.5) is 10.6 Å². The Labute approximate surface area is 113 Å². The third-order valence-electron chi connectivity index (χ3n) is 2.92. The number of ether oxygens (including phenoxy) is 1. The maximum absolute atomic E-state index is 11.6. The van der Waals surface area contributed by atoms with E-state index < -0.39 is 5.60 Å². The van der Waals surface area contributed by atoms with Crippen molar-refractivity contribution in [1.82, 2.24) is 15.1 Å². The highest BCUT2D eigenvalue weighted by molar-refractivity contribution is 5.68.